The van der Waals surface area contributed by atoms with Gasteiger partial charge in [-0.15, -0.1) is 5.10 Å². The predicted molar refractivity (Wildman–Crippen MR) is 69.6 cm³/mol. The zero-order valence-electron chi connectivity index (χ0n) is 10.4. The normalized spacial score (nSPS) is 10.9. The molecule has 0 amide bonds. The van der Waals surface area contributed by atoms with Crippen molar-refractivity contribution in [2.45, 2.75) is 36.5 Å². The largest absolute Gasteiger partial charge is 0.392 e. The minimum atomic E-state index is -0.402. The number of halogens is 1. The Morgan fingerprint density at radius 2 is 2.32 bits per heavy atom. The Balaban J connectivity index is 2.33. The van der Waals surface area contributed by atoms with Gasteiger partial charge < -0.3 is 5.11 Å². The molecule has 0 atom stereocenters. The smallest absolute Gasteiger partial charge is 0.343 e. The quantitative estimate of drug-likeness (QED) is 0.877. The summed E-state index contributed by atoms with van der Waals surface area (Å²) in [6, 6.07) is 4.16. The van der Waals surface area contributed by atoms with Crippen LogP contribution in [0.25, 0.3) is 0 Å². The molecule has 2 aromatic rings. The Morgan fingerprint density at radius 1 is 1.53 bits per heavy atom. The van der Waals surface area contributed by atoms with E-state index in [0.29, 0.717) is 22.2 Å². The van der Waals surface area contributed by atoms with Gasteiger partial charge in [-0.25, -0.2) is 14.3 Å². The third-order valence-corrected chi connectivity index (χ3v) is 3.68. The standard InChI is InChI=1S/C12H14FN3O2S/c1-2-5-16-11(18)14-15-12(16)19-10-4-3-9(13)6-8(10)7-17/h3-4,6,17H,2,5,7H2,1H3,(H,14,18). The molecule has 19 heavy (non-hydrogen) atoms. The van der Waals surface area contributed by atoms with E-state index in [4.69, 9.17) is 0 Å². The summed E-state index contributed by atoms with van der Waals surface area (Å²) >= 11 is 1.23. The number of aliphatic hydroxyl groups excluding tert-OH is 1. The van der Waals surface area contributed by atoms with Crippen molar-refractivity contribution in [3.05, 3.63) is 40.1 Å². The fourth-order valence-corrected chi connectivity index (χ4v) is 2.63. The van der Waals surface area contributed by atoms with E-state index in [9.17, 15) is 14.3 Å². The van der Waals surface area contributed by atoms with Crippen molar-refractivity contribution in [3.63, 3.8) is 0 Å². The number of benzene rings is 1. The highest BCUT2D eigenvalue weighted by atomic mass is 32.2. The van der Waals surface area contributed by atoms with Crippen LogP contribution in [0.15, 0.2) is 33.0 Å². The van der Waals surface area contributed by atoms with Crippen LogP contribution < -0.4 is 5.69 Å². The molecule has 0 bridgehead atoms. The van der Waals surface area contributed by atoms with Crippen molar-refractivity contribution in [2.24, 2.45) is 0 Å². The molecule has 2 rings (SSSR count). The first kappa shape index (κ1) is 13.8. The highest BCUT2D eigenvalue weighted by Crippen LogP contribution is 2.29. The number of nitrogens with one attached hydrogen (secondary N) is 1. The van der Waals surface area contributed by atoms with Crippen LogP contribution in [0.5, 0.6) is 0 Å². The SMILES string of the molecule is CCCn1c(Sc2ccc(F)cc2CO)n[nH]c1=O. The third-order valence-electron chi connectivity index (χ3n) is 2.56. The molecule has 1 aromatic heterocycles. The van der Waals surface area contributed by atoms with Crippen LogP contribution >= 0.6 is 11.8 Å². The van der Waals surface area contributed by atoms with E-state index < -0.39 is 5.82 Å². The highest BCUT2D eigenvalue weighted by molar-refractivity contribution is 7.99. The molecular weight excluding hydrogens is 269 g/mol. The van der Waals surface area contributed by atoms with Crippen molar-refractivity contribution in [1.82, 2.24) is 14.8 Å². The van der Waals surface area contributed by atoms with Crippen molar-refractivity contribution in [3.8, 4) is 0 Å². The maximum Gasteiger partial charge on any atom is 0.343 e. The molecule has 0 fully saturated rings. The molecule has 2 N–H and O–H groups in total. The summed E-state index contributed by atoms with van der Waals surface area (Å²) in [5, 5.41) is 16.1. The summed E-state index contributed by atoms with van der Waals surface area (Å²) in [6.45, 7) is 2.26. The number of rotatable bonds is 5. The van der Waals surface area contributed by atoms with Crippen LogP contribution in [-0.2, 0) is 13.2 Å². The average Bonchev–Trinajstić information content (AvgIpc) is 2.74. The van der Waals surface area contributed by atoms with Crippen LogP contribution in [0.3, 0.4) is 0 Å². The van der Waals surface area contributed by atoms with Crippen LogP contribution in [0.1, 0.15) is 18.9 Å². The molecule has 0 aliphatic rings. The van der Waals surface area contributed by atoms with Gasteiger partial charge in [0.05, 0.1) is 6.61 Å². The molecule has 0 aliphatic heterocycles. The minimum absolute atomic E-state index is 0.261. The average molecular weight is 283 g/mol. The number of aromatic nitrogens is 3. The topological polar surface area (TPSA) is 70.9 Å². The molecule has 1 heterocycles. The minimum Gasteiger partial charge on any atom is -0.392 e. The molecule has 1 aromatic carbocycles. The van der Waals surface area contributed by atoms with Gasteiger partial charge in [0.25, 0.3) is 0 Å². The maximum atomic E-state index is 13.1. The Hall–Kier alpha value is -1.60. The zero-order valence-corrected chi connectivity index (χ0v) is 11.2. The Kier molecular flexibility index (Phi) is 4.39. The van der Waals surface area contributed by atoms with E-state index in [-0.39, 0.29) is 12.3 Å². The second-order valence-electron chi connectivity index (χ2n) is 3.98. The lowest BCUT2D eigenvalue weighted by atomic mass is 10.2. The second-order valence-corrected chi connectivity index (χ2v) is 4.98. The lowest BCUT2D eigenvalue weighted by molar-refractivity contribution is 0.278. The van der Waals surface area contributed by atoms with E-state index in [2.05, 4.69) is 10.2 Å². The first-order valence-corrected chi connectivity index (χ1v) is 6.69. The van der Waals surface area contributed by atoms with Crippen LogP contribution in [0.4, 0.5) is 4.39 Å². The highest BCUT2D eigenvalue weighted by Gasteiger charge is 2.12. The van der Waals surface area contributed by atoms with Gasteiger partial charge in [-0.05, 0) is 41.9 Å². The lowest BCUT2D eigenvalue weighted by Crippen LogP contribution is -2.17. The Bertz CT molecular complexity index is 624. The van der Waals surface area contributed by atoms with Gasteiger partial charge in [-0.3, -0.25) is 4.57 Å². The summed E-state index contributed by atoms with van der Waals surface area (Å²) in [7, 11) is 0. The van der Waals surface area contributed by atoms with Crippen molar-refractivity contribution in [1.29, 1.82) is 0 Å². The van der Waals surface area contributed by atoms with Gasteiger partial charge >= 0.3 is 5.69 Å². The summed E-state index contributed by atoms with van der Waals surface area (Å²) < 4.78 is 14.6. The summed E-state index contributed by atoms with van der Waals surface area (Å²) in [5.41, 5.74) is 0.209. The molecule has 102 valence electrons. The molecule has 5 nitrogen and oxygen atoms in total. The number of H-pyrrole nitrogens is 1. The van der Waals surface area contributed by atoms with Gasteiger partial charge in [0, 0.05) is 11.4 Å². The number of hydrogen-bond donors (Lipinski definition) is 2. The van der Waals surface area contributed by atoms with Gasteiger partial charge in [-0.1, -0.05) is 6.92 Å². The molecule has 0 saturated carbocycles. The Labute approximate surface area is 113 Å². The molecule has 0 aliphatic carbocycles. The number of hydrogen-bond acceptors (Lipinski definition) is 4. The molecule has 0 spiro atoms. The molecule has 0 radical (unpaired) electrons. The van der Waals surface area contributed by atoms with Crippen LogP contribution in [0.2, 0.25) is 0 Å². The predicted octanol–water partition coefficient (Wildman–Crippen LogP) is 1.76. The van der Waals surface area contributed by atoms with Crippen LogP contribution in [0, 0.1) is 5.82 Å². The van der Waals surface area contributed by atoms with E-state index in [1.807, 2.05) is 6.92 Å². The van der Waals surface area contributed by atoms with E-state index in [0.717, 1.165) is 6.42 Å². The molecular formula is C12H14FN3O2S. The molecule has 0 unspecified atom stereocenters. The molecule has 0 saturated heterocycles. The Morgan fingerprint density at radius 3 is 3.00 bits per heavy atom. The monoisotopic (exact) mass is 283 g/mol. The number of aliphatic hydroxyl groups is 1. The summed E-state index contributed by atoms with van der Waals surface area (Å²) in [5.74, 6) is -0.402. The van der Waals surface area contributed by atoms with E-state index in [1.54, 1.807) is 6.07 Å². The lowest BCUT2D eigenvalue weighted by Gasteiger charge is -2.07. The number of aromatic amines is 1. The first-order valence-electron chi connectivity index (χ1n) is 5.88. The van der Waals surface area contributed by atoms with Crippen LogP contribution in [-0.4, -0.2) is 19.9 Å². The fourth-order valence-electron chi connectivity index (χ4n) is 1.67. The first-order chi connectivity index (χ1) is 9.15. The van der Waals surface area contributed by atoms with Gasteiger partial charge in [0.15, 0.2) is 5.16 Å². The zero-order chi connectivity index (χ0) is 13.8. The van der Waals surface area contributed by atoms with Gasteiger partial charge in [-0.2, -0.15) is 0 Å². The van der Waals surface area contributed by atoms with E-state index in [1.165, 1.54) is 28.5 Å². The van der Waals surface area contributed by atoms with Gasteiger partial charge in [0.1, 0.15) is 5.82 Å². The molecule has 7 heteroatoms. The van der Waals surface area contributed by atoms with Gasteiger partial charge in [0.2, 0.25) is 0 Å². The van der Waals surface area contributed by atoms with Crippen molar-refractivity contribution in [2.75, 3.05) is 0 Å². The van der Waals surface area contributed by atoms with E-state index >= 15 is 0 Å². The fraction of sp³-hybridized carbons (Fsp3) is 0.333. The summed E-state index contributed by atoms with van der Waals surface area (Å²) in [6.07, 6.45) is 0.809. The second kappa shape index (κ2) is 6.03. The summed E-state index contributed by atoms with van der Waals surface area (Å²) in [4.78, 5) is 12.2. The maximum absolute atomic E-state index is 13.1. The van der Waals surface area contributed by atoms with Crippen molar-refractivity contribution >= 4 is 11.8 Å². The third kappa shape index (κ3) is 3.05. The van der Waals surface area contributed by atoms with Crippen molar-refractivity contribution < 1.29 is 9.50 Å². The number of nitrogens with zero attached hydrogens (tertiary/aromatic N) is 2.